The van der Waals surface area contributed by atoms with E-state index in [9.17, 15) is 0 Å². The fourth-order valence-corrected chi connectivity index (χ4v) is 2.60. The third-order valence-electron chi connectivity index (χ3n) is 3.12. The summed E-state index contributed by atoms with van der Waals surface area (Å²) in [6, 6.07) is 17.2. The summed E-state index contributed by atoms with van der Waals surface area (Å²) in [5, 5.41) is 3.51. The number of nitrogens with zero attached hydrogens (tertiary/aromatic N) is 1. The summed E-state index contributed by atoms with van der Waals surface area (Å²) >= 11 is 3.50. The number of halogens is 1. The Labute approximate surface area is 115 Å². The zero-order chi connectivity index (χ0) is 12.4. The highest BCUT2D eigenvalue weighted by molar-refractivity contribution is 9.08. The van der Waals surface area contributed by atoms with Crippen LogP contribution in [0, 0.1) is 0 Å². The normalized spacial score (nSPS) is 10.9. The van der Waals surface area contributed by atoms with E-state index in [1.165, 1.54) is 21.9 Å². The molecule has 0 aliphatic rings. The van der Waals surface area contributed by atoms with Crippen LogP contribution in [-0.2, 0) is 11.9 Å². The van der Waals surface area contributed by atoms with Gasteiger partial charge in [-0.25, -0.2) is 0 Å². The van der Waals surface area contributed by atoms with Crippen molar-refractivity contribution in [2.75, 3.05) is 0 Å². The van der Waals surface area contributed by atoms with Crippen LogP contribution < -0.4 is 0 Å². The number of benzene rings is 2. The Morgan fingerprint density at radius 3 is 2.17 bits per heavy atom. The number of hydrogen-bond donors (Lipinski definition) is 0. The van der Waals surface area contributed by atoms with Crippen LogP contribution in [0.1, 0.15) is 11.1 Å². The molecule has 1 nitrogen and oxygen atoms in total. The number of rotatable bonds is 3. The fraction of sp³-hybridized carbons (Fsp3) is 0.125. The van der Waals surface area contributed by atoms with Crippen molar-refractivity contribution in [1.29, 1.82) is 0 Å². The minimum atomic E-state index is 0.911. The van der Waals surface area contributed by atoms with Crippen LogP contribution in [0.15, 0.2) is 60.9 Å². The van der Waals surface area contributed by atoms with E-state index in [0.29, 0.717) is 0 Å². The monoisotopic (exact) mass is 299 g/mol. The van der Waals surface area contributed by atoms with Crippen molar-refractivity contribution in [3.05, 3.63) is 72.1 Å². The van der Waals surface area contributed by atoms with Crippen LogP contribution in [-0.4, -0.2) is 4.57 Å². The molecule has 0 amide bonds. The van der Waals surface area contributed by atoms with E-state index >= 15 is 0 Å². The molecule has 0 N–H and O–H groups in total. The summed E-state index contributed by atoms with van der Waals surface area (Å²) < 4.78 is 2.25. The van der Waals surface area contributed by atoms with E-state index < -0.39 is 0 Å². The summed E-state index contributed by atoms with van der Waals surface area (Å²) in [5.74, 6) is 0. The van der Waals surface area contributed by atoms with Gasteiger partial charge < -0.3 is 4.57 Å². The lowest BCUT2D eigenvalue weighted by atomic mass is 10.1. The number of fused-ring (bicyclic) bond motifs is 1. The minimum absolute atomic E-state index is 0.911. The number of alkyl halides is 1. The van der Waals surface area contributed by atoms with Crippen molar-refractivity contribution >= 4 is 26.7 Å². The van der Waals surface area contributed by atoms with Crippen LogP contribution in [0.25, 0.3) is 10.8 Å². The lowest BCUT2D eigenvalue weighted by Crippen LogP contribution is -1.96. The molecule has 2 heteroatoms. The molecule has 0 unspecified atom stereocenters. The fourth-order valence-electron chi connectivity index (χ4n) is 2.25. The molecule has 0 spiro atoms. The molecule has 0 saturated heterocycles. The molecule has 1 heterocycles. The van der Waals surface area contributed by atoms with Gasteiger partial charge in [-0.15, -0.1) is 0 Å². The van der Waals surface area contributed by atoms with Crippen molar-refractivity contribution in [3.8, 4) is 0 Å². The molecule has 18 heavy (non-hydrogen) atoms. The van der Waals surface area contributed by atoms with Gasteiger partial charge in [-0.3, -0.25) is 0 Å². The second kappa shape index (κ2) is 4.99. The van der Waals surface area contributed by atoms with Crippen LogP contribution >= 0.6 is 15.9 Å². The molecule has 3 aromatic rings. The maximum absolute atomic E-state index is 3.50. The second-order valence-electron chi connectivity index (χ2n) is 4.51. The molecular formula is C16H14BrN. The van der Waals surface area contributed by atoms with E-state index in [0.717, 1.165) is 11.9 Å². The zero-order valence-electron chi connectivity index (χ0n) is 10.0. The van der Waals surface area contributed by atoms with Gasteiger partial charge in [0.05, 0.1) is 0 Å². The first kappa shape index (κ1) is 11.5. The molecule has 0 bridgehead atoms. The van der Waals surface area contributed by atoms with Crippen molar-refractivity contribution in [2.45, 2.75) is 11.9 Å². The first-order chi connectivity index (χ1) is 8.85. The zero-order valence-corrected chi connectivity index (χ0v) is 11.6. The van der Waals surface area contributed by atoms with E-state index in [2.05, 4.69) is 81.4 Å². The largest absolute Gasteiger partial charge is 0.349 e. The number of hydrogen-bond acceptors (Lipinski definition) is 0. The average Bonchev–Trinajstić information content (AvgIpc) is 2.81. The molecule has 2 aromatic carbocycles. The SMILES string of the molecule is BrCc1cccc(Cn2cc3ccccc3c2)c1. The Balaban J connectivity index is 1.91. The summed E-state index contributed by atoms with van der Waals surface area (Å²) in [6.07, 6.45) is 4.41. The molecule has 0 aliphatic carbocycles. The van der Waals surface area contributed by atoms with E-state index in [1.807, 2.05) is 0 Å². The summed E-state index contributed by atoms with van der Waals surface area (Å²) in [5.41, 5.74) is 2.66. The topological polar surface area (TPSA) is 4.93 Å². The molecule has 0 aliphatic heterocycles. The Bertz CT molecular complexity index is 636. The lowest BCUT2D eigenvalue weighted by Gasteiger charge is -2.04. The van der Waals surface area contributed by atoms with Crippen molar-refractivity contribution < 1.29 is 0 Å². The molecule has 0 saturated carbocycles. The van der Waals surface area contributed by atoms with Gasteiger partial charge in [-0.1, -0.05) is 64.5 Å². The summed E-state index contributed by atoms with van der Waals surface area (Å²) in [4.78, 5) is 0. The van der Waals surface area contributed by atoms with Crippen molar-refractivity contribution in [3.63, 3.8) is 0 Å². The van der Waals surface area contributed by atoms with Crippen LogP contribution in [0.4, 0.5) is 0 Å². The first-order valence-electron chi connectivity index (χ1n) is 6.03. The summed E-state index contributed by atoms with van der Waals surface area (Å²) in [6.45, 7) is 0.926. The smallest absolute Gasteiger partial charge is 0.0470 e. The van der Waals surface area contributed by atoms with Gasteiger partial charge in [0.15, 0.2) is 0 Å². The molecule has 0 atom stereocenters. The maximum atomic E-state index is 3.50. The second-order valence-corrected chi connectivity index (χ2v) is 5.07. The van der Waals surface area contributed by atoms with E-state index in [1.54, 1.807) is 0 Å². The minimum Gasteiger partial charge on any atom is -0.349 e. The molecule has 3 rings (SSSR count). The molecule has 0 radical (unpaired) electrons. The predicted molar refractivity (Wildman–Crippen MR) is 80.1 cm³/mol. The van der Waals surface area contributed by atoms with Gasteiger partial charge in [0.1, 0.15) is 0 Å². The third kappa shape index (κ3) is 2.34. The molecule has 1 aromatic heterocycles. The predicted octanol–water partition coefficient (Wildman–Crippen LogP) is 4.58. The van der Waals surface area contributed by atoms with Crippen molar-refractivity contribution in [1.82, 2.24) is 4.57 Å². The van der Waals surface area contributed by atoms with Gasteiger partial charge in [0.25, 0.3) is 0 Å². The van der Waals surface area contributed by atoms with Crippen LogP contribution in [0.5, 0.6) is 0 Å². The maximum Gasteiger partial charge on any atom is 0.0470 e. The molecular weight excluding hydrogens is 286 g/mol. The quantitative estimate of drug-likeness (QED) is 0.624. The highest BCUT2D eigenvalue weighted by atomic mass is 79.9. The summed E-state index contributed by atoms with van der Waals surface area (Å²) in [7, 11) is 0. The van der Waals surface area contributed by atoms with Crippen LogP contribution in [0.2, 0.25) is 0 Å². The van der Waals surface area contributed by atoms with E-state index in [-0.39, 0.29) is 0 Å². The number of aromatic nitrogens is 1. The first-order valence-corrected chi connectivity index (χ1v) is 7.15. The Morgan fingerprint density at radius 1 is 0.833 bits per heavy atom. The molecule has 0 fully saturated rings. The van der Waals surface area contributed by atoms with Gasteiger partial charge in [-0.2, -0.15) is 0 Å². The lowest BCUT2D eigenvalue weighted by molar-refractivity contribution is 0.809. The Hall–Kier alpha value is -1.54. The standard InChI is InChI=1S/C16H14BrN/c17-9-13-4-3-5-14(8-13)10-18-11-15-6-1-2-7-16(15)12-18/h1-8,11-12H,9-10H2. The van der Waals surface area contributed by atoms with Gasteiger partial charge in [-0.05, 0) is 21.9 Å². The highest BCUT2D eigenvalue weighted by Crippen LogP contribution is 2.16. The van der Waals surface area contributed by atoms with Gasteiger partial charge in [0.2, 0.25) is 0 Å². The molecule has 90 valence electrons. The van der Waals surface area contributed by atoms with Crippen LogP contribution in [0.3, 0.4) is 0 Å². The Morgan fingerprint density at radius 2 is 1.50 bits per heavy atom. The highest BCUT2D eigenvalue weighted by Gasteiger charge is 1.99. The van der Waals surface area contributed by atoms with E-state index in [4.69, 9.17) is 0 Å². The third-order valence-corrected chi connectivity index (χ3v) is 3.76. The average molecular weight is 300 g/mol. The Kier molecular flexibility index (Phi) is 3.20. The van der Waals surface area contributed by atoms with Gasteiger partial charge >= 0.3 is 0 Å². The van der Waals surface area contributed by atoms with Crippen molar-refractivity contribution in [2.24, 2.45) is 0 Å². The van der Waals surface area contributed by atoms with Gasteiger partial charge in [0, 0.05) is 24.3 Å².